The van der Waals surface area contributed by atoms with Crippen LogP contribution in [0, 0.1) is 0 Å². The van der Waals surface area contributed by atoms with Crippen molar-refractivity contribution < 1.29 is 0 Å². The number of benzene rings is 3. The molecular formula is C23H18. The largest absolute Gasteiger partial charge is 0.0620 e. The van der Waals surface area contributed by atoms with Crippen LogP contribution >= 0.6 is 0 Å². The van der Waals surface area contributed by atoms with Crippen molar-refractivity contribution >= 4 is 0 Å². The third kappa shape index (κ3) is 1.38. The van der Waals surface area contributed by atoms with Crippen molar-refractivity contribution in [2.75, 3.05) is 0 Å². The van der Waals surface area contributed by atoms with Crippen LogP contribution in [0.3, 0.4) is 0 Å². The predicted molar refractivity (Wildman–Crippen MR) is 93.9 cm³/mol. The summed E-state index contributed by atoms with van der Waals surface area (Å²) in [5.41, 5.74) is 9.33. The molecule has 2 bridgehead atoms. The zero-order valence-corrected chi connectivity index (χ0v) is 12.9. The lowest BCUT2D eigenvalue weighted by atomic mass is 9.64. The lowest BCUT2D eigenvalue weighted by molar-refractivity contribution is 0.519. The maximum Gasteiger partial charge on any atom is -0.00117 e. The Balaban J connectivity index is 1.68. The third-order valence-corrected chi connectivity index (χ3v) is 6.49. The minimum absolute atomic E-state index is 0.668. The Hall–Kier alpha value is -2.34. The average Bonchev–Trinajstić information content (AvgIpc) is 3.20. The summed E-state index contributed by atoms with van der Waals surface area (Å²) in [5.74, 6) is 2.74. The maximum atomic E-state index is 2.38. The van der Waals surface area contributed by atoms with Crippen LogP contribution in [0.2, 0.25) is 0 Å². The number of rotatable bonds is 0. The van der Waals surface area contributed by atoms with Gasteiger partial charge in [0.25, 0.3) is 0 Å². The van der Waals surface area contributed by atoms with Crippen LogP contribution < -0.4 is 0 Å². The molecule has 0 spiro atoms. The molecule has 3 aromatic rings. The van der Waals surface area contributed by atoms with Crippen molar-refractivity contribution in [1.82, 2.24) is 0 Å². The third-order valence-electron chi connectivity index (χ3n) is 6.49. The Kier molecular flexibility index (Phi) is 2.18. The van der Waals surface area contributed by atoms with Crippen molar-refractivity contribution in [3.63, 3.8) is 0 Å². The molecule has 0 nitrogen and oxygen atoms in total. The van der Waals surface area contributed by atoms with E-state index in [2.05, 4.69) is 72.8 Å². The Bertz CT molecular complexity index is 860. The van der Waals surface area contributed by atoms with Crippen molar-refractivity contribution in [2.45, 2.75) is 30.1 Å². The lowest BCUT2D eigenvalue weighted by Gasteiger charge is -2.39. The van der Waals surface area contributed by atoms with Gasteiger partial charge in [-0.1, -0.05) is 72.8 Å². The molecule has 23 heavy (non-hydrogen) atoms. The van der Waals surface area contributed by atoms with E-state index in [0.717, 1.165) is 0 Å². The van der Waals surface area contributed by atoms with Gasteiger partial charge in [0.05, 0.1) is 0 Å². The first-order chi connectivity index (χ1) is 11.4. The van der Waals surface area contributed by atoms with E-state index in [1.807, 2.05) is 0 Å². The van der Waals surface area contributed by atoms with E-state index < -0.39 is 0 Å². The molecule has 3 aliphatic rings. The SMILES string of the molecule is c1ccc2c(c1)-c1ccccc1[C@H]1[C@@H]2[C@H]2C[C@@H]1c1ccccc12. The smallest absolute Gasteiger partial charge is 0.00117 e. The zero-order chi connectivity index (χ0) is 15.0. The van der Waals surface area contributed by atoms with Gasteiger partial charge in [0.1, 0.15) is 0 Å². The van der Waals surface area contributed by atoms with Gasteiger partial charge >= 0.3 is 0 Å². The van der Waals surface area contributed by atoms with Gasteiger partial charge < -0.3 is 0 Å². The molecule has 0 saturated heterocycles. The summed E-state index contributed by atoms with van der Waals surface area (Å²) in [7, 11) is 0. The fourth-order valence-corrected chi connectivity index (χ4v) is 5.78. The van der Waals surface area contributed by atoms with Gasteiger partial charge in [0.2, 0.25) is 0 Å². The van der Waals surface area contributed by atoms with E-state index >= 15 is 0 Å². The highest BCUT2D eigenvalue weighted by Crippen LogP contribution is 2.69. The summed E-state index contributed by atoms with van der Waals surface area (Å²) in [5, 5.41) is 0. The summed E-state index contributed by atoms with van der Waals surface area (Å²) in [6, 6.07) is 27.4. The monoisotopic (exact) mass is 294 g/mol. The molecule has 0 aromatic heterocycles. The molecule has 3 aliphatic carbocycles. The fourth-order valence-electron chi connectivity index (χ4n) is 5.78. The number of hydrogen-bond acceptors (Lipinski definition) is 0. The van der Waals surface area contributed by atoms with Crippen LogP contribution in [-0.2, 0) is 0 Å². The molecule has 0 heterocycles. The van der Waals surface area contributed by atoms with Crippen LogP contribution in [0.1, 0.15) is 52.3 Å². The molecule has 1 fully saturated rings. The van der Waals surface area contributed by atoms with Crippen LogP contribution in [-0.4, -0.2) is 0 Å². The van der Waals surface area contributed by atoms with Gasteiger partial charge in [0, 0.05) is 0 Å². The molecule has 0 heteroatoms. The normalized spacial score (nSPS) is 28.7. The van der Waals surface area contributed by atoms with E-state index in [-0.39, 0.29) is 0 Å². The van der Waals surface area contributed by atoms with Gasteiger partial charge in [-0.3, -0.25) is 0 Å². The second-order valence-electron chi connectivity index (χ2n) is 7.30. The lowest BCUT2D eigenvalue weighted by Crippen LogP contribution is -2.23. The van der Waals surface area contributed by atoms with Crippen molar-refractivity contribution in [3.8, 4) is 11.1 Å². The fraction of sp³-hybridized carbons (Fsp3) is 0.217. The Morgan fingerprint density at radius 2 is 0.870 bits per heavy atom. The molecule has 0 radical (unpaired) electrons. The van der Waals surface area contributed by atoms with Gasteiger partial charge in [-0.15, -0.1) is 0 Å². The van der Waals surface area contributed by atoms with Crippen LogP contribution in [0.4, 0.5) is 0 Å². The molecule has 0 N–H and O–H groups in total. The van der Waals surface area contributed by atoms with Crippen LogP contribution in [0.15, 0.2) is 72.8 Å². The molecular weight excluding hydrogens is 276 g/mol. The predicted octanol–water partition coefficient (Wildman–Crippen LogP) is 5.82. The Morgan fingerprint density at radius 1 is 0.478 bits per heavy atom. The first-order valence-corrected chi connectivity index (χ1v) is 8.70. The molecule has 0 amide bonds. The summed E-state index contributed by atoms with van der Waals surface area (Å²) >= 11 is 0. The standard InChI is InChI=1S/C23H18/c1-2-10-17-16(9-1)20-13-21(17)23-19-12-6-4-8-15(19)14-7-3-5-11-18(14)22(20)23/h1-12,20-23H,13H2/t20-,21+,22-,23+. The first-order valence-electron chi connectivity index (χ1n) is 8.70. The molecule has 110 valence electrons. The van der Waals surface area contributed by atoms with Crippen LogP contribution in [0.5, 0.6) is 0 Å². The summed E-state index contributed by atoms with van der Waals surface area (Å²) in [6.45, 7) is 0. The van der Waals surface area contributed by atoms with Crippen molar-refractivity contribution in [1.29, 1.82) is 0 Å². The highest BCUT2D eigenvalue weighted by Gasteiger charge is 2.53. The molecule has 0 unspecified atom stereocenters. The first kappa shape index (κ1) is 12.1. The second-order valence-corrected chi connectivity index (χ2v) is 7.30. The highest BCUT2D eigenvalue weighted by molar-refractivity contribution is 5.77. The molecule has 4 atom stereocenters. The number of hydrogen-bond donors (Lipinski definition) is 0. The van der Waals surface area contributed by atoms with Gasteiger partial charge in [-0.2, -0.15) is 0 Å². The van der Waals surface area contributed by atoms with E-state index in [1.54, 1.807) is 22.3 Å². The highest BCUT2D eigenvalue weighted by atomic mass is 14.6. The minimum atomic E-state index is 0.668. The molecule has 6 rings (SSSR count). The minimum Gasteiger partial charge on any atom is -0.0620 e. The second kappa shape index (κ2) is 4.14. The summed E-state index contributed by atoms with van der Waals surface area (Å²) < 4.78 is 0. The van der Waals surface area contributed by atoms with E-state index in [9.17, 15) is 0 Å². The van der Waals surface area contributed by atoms with E-state index in [1.165, 1.54) is 17.5 Å². The molecule has 3 aromatic carbocycles. The van der Waals surface area contributed by atoms with E-state index in [4.69, 9.17) is 0 Å². The van der Waals surface area contributed by atoms with Gasteiger partial charge in [-0.25, -0.2) is 0 Å². The van der Waals surface area contributed by atoms with E-state index in [0.29, 0.717) is 23.7 Å². The quantitative estimate of drug-likeness (QED) is 0.490. The molecule has 0 aliphatic heterocycles. The van der Waals surface area contributed by atoms with Gasteiger partial charge in [0.15, 0.2) is 0 Å². The molecule has 1 saturated carbocycles. The topological polar surface area (TPSA) is 0 Å². The zero-order valence-electron chi connectivity index (χ0n) is 12.9. The average molecular weight is 294 g/mol. The van der Waals surface area contributed by atoms with Crippen molar-refractivity contribution in [3.05, 3.63) is 95.1 Å². The Labute approximate surface area is 136 Å². The maximum absolute atomic E-state index is 2.38. The summed E-state index contributed by atoms with van der Waals surface area (Å²) in [4.78, 5) is 0. The van der Waals surface area contributed by atoms with Crippen molar-refractivity contribution in [2.24, 2.45) is 0 Å². The Morgan fingerprint density at radius 3 is 1.35 bits per heavy atom. The number of fused-ring (bicyclic) bond motifs is 13. The van der Waals surface area contributed by atoms with Crippen LogP contribution in [0.25, 0.3) is 11.1 Å². The van der Waals surface area contributed by atoms with Gasteiger partial charge in [-0.05, 0) is 63.5 Å². The summed E-state index contributed by atoms with van der Waals surface area (Å²) in [6.07, 6.45) is 1.33.